The van der Waals surface area contributed by atoms with Gasteiger partial charge < -0.3 is 10.2 Å². The van der Waals surface area contributed by atoms with Gasteiger partial charge in [-0.25, -0.2) is 0 Å². The first-order chi connectivity index (χ1) is 14.6. The van der Waals surface area contributed by atoms with E-state index < -0.39 is 0 Å². The molecular formula is C24H37IN6. The van der Waals surface area contributed by atoms with Gasteiger partial charge in [0.15, 0.2) is 5.96 Å². The van der Waals surface area contributed by atoms with Crippen molar-refractivity contribution in [1.29, 1.82) is 0 Å². The monoisotopic (exact) mass is 536 g/mol. The van der Waals surface area contributed by atoms with Gasteiger partial charge in [-0.15, -0.1) is 24.0 Å². The Morgan fingerprint density at radius 3 is 2.45 bits per heavy atom. The molecule has 7 heteroatoms. The molecule has 3 rings (SSSR count). The maximum atomic E-state index is 4.91. The average molecular weight is 537 g/mol. The normalized spacial score (nSPS) is 15.4. The molecule has 0 aliphatic carbocycles. The van der Waals surface area contributed by atoms with Crippen LogP contribution in [0.15, 0.2) is 41.4 Å². The molecule has 1 fully saturated rings. The minimum Gasteiger partial charge on any atom is -0.357 e. The van der Waals surface area contributed by atoms with Crippen LogP contribution in [0.2, 0.25) is 0 Å². The van der Waals surface area contributed by atoms with E-state index in [4.69, 9.17) is 4.99 Å². The molecule has 0 bridgehead atoms. The lowest BCUT2D eigenvalue weighted by Gasteiger charge is -2.36. The predicted octanol–water partition coefficient (Wildman–Crippen LogP) is 3.49. The highest BCUT2D eigenvalue weighted by Gasteiger charge is 2.19. The molecule has 0 spiro atoms. The fourth-order valence-corrected chi connectivity index (χ4v) is 3.92. The van der Waals surface area contributed by atoms with Crippen molar-refractivity contribution in [3.05, 3.63) is 58.9 Å². The average Bonchev–Trinajstić information content (AvgIpc) is 3.00. The number of rotatable bonds is 7. The zero-order valence-corrected chi connectivity index (χ0v) is 21.7. The predicted molar refractivity (Wildman–Crippen MR) is 141 cm³/mol. The highest BCUT2D eigenvalue weighted by atomic mass is 127. The number of hydrogen-bond donors (Lipinski definition) is 1. The molecule has 1 N–H and O–H groups in total. The number of halogens is 1. The summed E-state index contributed by atoms with van der Waals surface area (Å²) in [7, 11) is 2.01. The molecule has 2 aromatic rings. The van der Waals surface area contributed by atoms with Crippen molar-refractivity contribution >= 4 is 36.0 Å². The molecule has 0 radical (unpaired) electrons. The fraction of sp³-hybridized carbons (Fsp3) is 0.500. The van der Waals surface area contributed by atoms with Gasteiger partial charge in [0.2, 0.25) is 0 Å². The second-order valence-electron chi connectivity index (χ2n) is 7.86. The molecule has 2 heterocycles. The van der Waals surface area contributed by atoms with Crippen LogP contribution in [0.3, 0.4) is 0 Å². The highest BCUT2D eigenvalue weighted by Crippen LogP contribution is 2.13. The molecule has 1 aromatic heterocycles. The van der Waals surface area contributed by atoms with Crippen molar-refractivity contribution in [2.75, 3.05) is 45.8 Å². The molecule has 1 aliphatic heterocycles. The summed E-state index contributed by atoms with van der Waals surface area (Å²) in [5.74, 6) is 1.04. The quantitative estimate of drug-likeness (QED) is 0.335. The third kappa shape index (κ3) is 7.35. The van der Waals surface area contributed by atoms with Gasteiger partial charge >= 0.3 is 0 Å². The first-order valence-electron chi connectivity index (χ1n) is 11.0. The van der Waals surface area contributed by atoms with E-state index in [-0.39, 0.29) is 24.0 Å². The Kier molecular flexibility index (Phi) is 10.5. The van der Waals surface area contributed by atoms with E-state index in [0.717, 1.165) is 63.9 Å². The van der Waals surface area contributed by atoms with Gasteiger partial charge in [-0.1, -0.05) is 42.5 Å². The van der Waals surface area contributed by atoms with Gasteiger partial charge in [-0.2, -0.15) is 5.10 Å². The molecule has 1 aromatic carbocycles. The maximum absolute atomic E-state index is 4.91. The number of guanidine groups is 1. The zero-order chi connectivity index (χ0) is 21.3. The number of hydrogen-bond acceptors (Lipinski definition) is 3. The second kappa shape index (κ2) is 12.9. The third-order valence-corrected chi connectivity index (χ3v) is 5.76. The summed E-state index contributed by atoms with van der Waals surface area (Å²) in [4.78, 5) is 9.81. The standard InChI is InChI=1S/C24H36N6.HI/c1-5-25-24(26-14-13-23-20(2)27-28(4)21(23)3)30-18-16-29(17-19-30)15-9-12-22-10-7-6-8-11-22;/h6-12H,5,13-19H2,1-4H3,(H,25,26);1H/b12-9+;. The molecule has 0 saturated carbocycles. The topological polar surface area (TPSA) is 48.7 Å². The Labute approximate surface area is 204 Å². The van der Waals surface area contributed by atoms with Crippen molar-refractivity contribution < 1.29 is 0 Å². The lowest BCUT2D eigenvalue weighted by Crippen LogP contribution is -2.52. The number of benzene rings is 1. The highest BCUT2D eigenvalue weighted by molar-refractivity contribution is 14.0. The van der Waals surface area contributed by atoms with Crippen molar-refractivity contribution in [2.24, 2.45) is 12.0 Å². The van der Waals surface area contributed by atoms with Crippen LogP contribution in [0.5, 0.6) is 0 Å². The zero-order valence-electron chi connectivity index (χ0n) is 19.3. The van der Waals surface area contributed by atoms with Crippen LogP contribution in [0.4, 0.5) is 0 Å². The summed E-state index contributed by atoms with van der Waals surface area (Å²) in [5.41, 5.74) is 4.95. The van der Waals surface area contributed by atoms with E-state index in [9.17, 15) is 0 Å². The molecule has 31 heavy (non-hydrogen) atoms. The minimum absolute atomic E-state index is 0. The largest absolute Gasteiger partial charge is 0.357 e. The van der Waals surface area contributed by atoms with Crippen molar-refractivity contribution in [2.45, 2.75) is 27.2 Å². The van der Waals surface area contributed by atoms with Crippen LogP contribution in [-0.4, -0.2) is 71.4 Å². The molecule has 0 amide bonds. The van der Waals surface area contributed by atoms with Crippen molar-refractivity contribution in [3.63, 3.8) is 0 Å². The van der Waals surface area contributed by atoms with Crippen LogP contribution in [0, 0.1) is 13.8 Å². The molecule has 0 atom stereocenters. The molecule has 6 nitrogen and oxygen atoms in total. The Balaban J connectivity index is 0.00000341. The van der Waals surface area contributed by atoms with Crippen molar-refractivity contribution in [3.8, 4) is 0 Å². The Hall–Kier alpha value is -1.87. The summed E-state index contributed by atoms with van der Waals surface area (Å²) < 4.78 is 1.96. The number of aryl methyl sites for hydroxylation is 2. The molecular weight excluding hydrogens is 499 g/mol. The SMILES string of the molecule is CCNC(=NCCc1c(C)nn(C)c1C)N1CCN(C/C=C/c2ccccc2)CC1.I. The number of nitrogens with zero attached hydrogens (tertiary/aromatic N) is 5. The minimum atomic E-state index is 0. The molecule has 170 valence electrons. The summed E-state index contributed by atoms with van der Waals surface area (Å²) in [6, 6.07) is 10.5. The van der Waals surface area contributed by atoms with E-state index in [2.05, 4.69) is 83.5 Å². The van der Waals surface area contributed by atoms with E-state index in [0.29, 0.717) is 0 Å². The first-order valence-corrected chi connectivity index (χ1v) is 11.0. The van der Waals surface area contributed by atoms with Crippen molar-refractivity contribution in [1.82, 2.24) is 24.9 Å². The number of nitrogens with one attached hydrogen (secondary N) is 1. The van der Waals surface area contributed by atoms with E-state index in [1.165, 1.54) is 16.8 Å². The first kappa shape index (κ1) is 25.4. The van der Waals surface area contributed by atoms with E-state index in [1.807, 2.05) is 11.7 Å². The lowest BCUT2D eigenvalue weighted by molar-refractivity contribution is 0.194. The van der Waals surface area contributed by atoms with Gasteiger partial charge in [-0.3, -0.25) is 14.6 Å². The number of aliphatic imine (C=N–C) groups is 1. The smallest absolute Gasteiger partial charge is 0.194 e. The van der Waals surface area contributed by atoms with Gasteiger partial charge in [0, 0.05) is 58.6 Å². The van der Waals surface area contributed by atoms with Gasteiger partial charge in [0.05, 0.1) is 5.69 Å². The van der Waals surface area contributed by atoms with Crippen LogP contribution < -0.4 is 5.32 Å². The third-order valence-electron chi connectivity index (χ3n) is 5.76. The number of aromatic nitrogens is 2. The lowest BCUT2D eigenvalue weighted by atomic mass is 10.1. The summed E-state index contributed by atoms with van der Waals surface area (Å²) in [6.45, 7) is 13.2. The number of piperazine rings is 1. The summed E-state index contributed by atoms with van der Waals surface area (Å²) in [6.07, 6.45) is 5.41. The van der Waals surface area contributed by atoms with Crippen LogP contribution in [-0.2, 0) is 13.5 Å². The second-order valence-corrected chi connectivity index (χ2v) is 7.86. The Bertz CT molecular complexity index is 850. The van der Waals surface area contributed by atoms with E-state index >= 15 is 0 Å². The van der Waals surface area contributed by atoms with E-state index in [1.54, 1.807) is 0 Å². The molecule has 1 saturated heterocycles. The summed E-state index contributed by atoms with van der Waals surface area (Å²) >= 11 is 0. The Morgan fingerprint density at radius 2 is 1.84 bits per heavy atom. The molecule has 0 unspecified atom stereocenters. The maximum Gasteiger partial charge on any atom is 0.194 e. The van der Waals surface area contributed by atoms with Crippen LogP contribution >= 0.6 is 24.0 Å². The molecule has 1 aliphatic rings. The van der Waals surface area contributed by atoms with Crippen LogP contribution in [0.25, 0.3) is 6.08 Å². The van der Waals surface area contributed by atoms with Gasteiger partial charge in [0.1, 0.15) is 0 Å². The summed E-state index contributed by atoms with van der Waals surface area (Å²) in [5, 5.41) is 7.99. The van der Waals surface area contributed by atoms with Gasteiger partial charge in [-0.05, 0) is 38.3 Å². The van der Waals surface area contributed by atoms with Gasteiger partial charge in [0.25, 0.3) is 0 Å². The van der Waals surface area contributed by atoms with Crippen LogP contribution in [0.1, 0.15) is 29.4 Å². The fourth-order valence-electron chi connectivity index (χ4n) is 3.92. The Morgan fingerprint density at radius 1 is 1.13 bits per heavy atom.